The molecule has 1 unspecified atom stereocenters. The van der Waals surface area contributed by atoms with E-state index in [9.17, 15) is 4.79 Å². The van der Waals surface area contributed by atoms with Crippen molar-refractivity contribution in [1.82, 2.24) is 4.48 Å². The predicted molar refractivity (Wildman–Crippen MR) is 104 cm³/mol. The lowest BCUT2D eigenvalue weighted by Gasteiger charge is -2.38. The van der Waals surface area contributed by atoms with E-state index < -0.39 is 5.60 Å². The fraction of sp³-hybridized carbons (Fsp3) is 0.524. The molecular formula is C21H29N2O3+. The monoisotopic (exact) mass is 357 g/mol. The van der Waals surface area contributed by atoms with Gasteiger partial charge in [0.1, 0.15) is 11.8 Å². The van der Waals surface area contributed by atoms with Gasteiger partial charge in [-0.25, -0.2) is 9.28 Å². The summed E-state index contributed by atoms with van der Waals surface area (Å²) in [5.74, 6) is -0.205. The summed E-state index contributed by atoms with van der Waals surface area (Å²) >= 11 is 0. The molecule has 140 valence electrons. The second kappa shape index (κ2) is 6.32. The summed E-state index contributed by atoms with van der Waals surface area (Å²) in [6.45, 7) is 12.1. The lowest BCUT2D eigenvalue weighted by molar-refractivity contribution is -0.162. The van der Waals surface area contributed by atoms with Crippen LogP contribution in [-0.4, -0.2) is 36.2 Å². The second-order valence-corrected chi connectivity index (χ2v) is 9.00. The van der Waals surface area contributed by atoms with Gasteiger partial charge in [0.15, 0.2) is 12.4 Å². The third kappa shape index (κ3) is 3.60. The highest BCUT2D eigenvalue weighted by Crippen LogP contribution is 2.44. The van der Waals surface area contributed by atoms with Gasteiger partial charge in [-0.15, -0.1) is 0 Å². The number of hydrogen-bond donors (Lipinski definition) is 0. The van der Waals surface area contributed by atoms with Crippen LogP contribution in [0.5, 0.6) is 0 Å². The number of para-hydroxylation sites is 1. The zero-order chi connectivity index (χ0) is 19.2. The van der Waals surface area contributed by atoms with Gasteiger partial charge in [-0.3, -0.25) is 4.99 Å². The van der Waals surface area contributed by atoms with Gasteiger partial charge >= 0.3 is 5.97 Å². The van der Waals surface area contributed by atoms with Crippen LogP contribution < -0.4 is 4.48 Å². The van der Waals surface area contributed by atoms with Gasteiger partial charge < -0.3 is 9.47 Å². The summed E-state index contributed by atoms with van der Waals surface area (Å²) in [5, 5.41) is 0. The summed E-state index contributed by atoms with van der Waals surface area (Å²) in [6, 6.07) is 5.75. The fourth-order valence-electron chi connectivity index (χ4n) is 3.51. The van der Waals surface area contributed by atoms with Crippen molar-refractivity contribution in [3.05, 3.63) is 41.7 Å². The molecule has 0 aromatic heterocycles. The summed E-state index contributed by atoms with van der Waals surface area (Å²) < 4.78 is 12.2. The molecule has 1 aromatic carbocycles. The Kier molecular flexibility index (Phi) is 4.57. The van der Waals surface area contributed by atoms with Crippen LogP contribution in [0.25, 0.3) is 0 Å². The standard InChI is InChI=1S/C21H29N2O3/c1-20(2,3)25-14-23-11-10-22-13-16-9-7-8-15(18(16)23)12-17(23)19(24)26-21(4,5)6/h7-11,13,17H,12,14H2,1-6H3/q+1/t17?,23-/m1/s1. The first-order valence-corrected chi connectivity index (χ1v) is 9.09. The molecule has 0 N–H and O–H groups in total. The van der Waals surface area contributed by atoms with Crippen LogP contribution in [0.3, 0.4) is 0 Å². The topological polar surface area (TPSA) is 47.9 Å². The first-order valence-electron chi connectivity index (χ1n) is 9.09. The Hall–Kier alpha value is -1.98. The second-order valence-electron chi connectivity index (χ2n) is 9.00. The van der Waals surface area contributed by atoms with Crippen LogP contribution in [0.15, 0.2) is 35.6 Å². The van der Waals surface area contributed by atoms with Gasteiger partial charge in [-0.2, -0.15) is 0 Å². The predicted octanol–water partition coefficient (Wildman–Crippen LogP) is 3.94. The first kappa shape index (κ1) is 18.8. The van der Waals surface area contributed by atoms with Crippen LogP contribution in [-0.2, 0) is 20.7 Å². The lowest BCUT2D eigenvalue weighted by atomic mass is 10.1. The molecular weight excluding hydrogens is 328 g/mol. The van der Waals surface area contributed by atoms with Crippen molar-refractivity contribution >= 4 is 17.9 Å². The number of esters is 1. The zero-order valence-corrected chi connectivity index (χ0v) is 16.6. The van der Waals surface area contributed by atoms with Gasteiger partial charge in [0, 0.05) is 18.2 Å². The van der Waals surface area contributed by atoms with Crippen molar-refractivity contribution in [2.24, 2.45) is 4.99 Å². The van der Waals surface area contributed by atoms with Gasteiger partial charge in [-0.05, 0) is 47.6 Å². The van der Waals surface area contributed by atoms with E-state index >= 15 is 0 Å². The number of aliphatic imine (C=N–C) groups is 1. The normalized spacial score (nSPS) is 24.3. The molecule has 0 radical (unpaired) electrons. The third-order valence-corrected chi connectivity index (χ3v) is 4.56. The number of rotatable bonds is 3. The number of ether oxygens (including phenoxy) is 2. The molecule has 0 aliphatic carbocycles. The Labute approximate surface area is 155 Å². The molecule has 2 aliphatic heterocycles. The summed E-state index contributed by atoms with van der Waals surface area (Å²) in [5.41, 5.74) is 2.41. The average Bonchev–Trinajstić information content (AvgIpc) is 2.70. The van der Waals surface area contributed by atoms with Gasteiger partial charge in [0.2, 0.25) is 6.04 Å². The van der Waals surface area contributed by atoms with Gasteiger partial charge in [0.05, 0.1) is 17.4 Å². The summed E-state index contributed by atoms with van der Waals surface area (Å²) in [6.07, 6.45) is 6.21. The van der Waals surface area contributed by atoms with Crippen LogP contribution in [0.4, 0.5) is 5.69 Å². The highest BCUT2D eigenvalue weighted by atomic mass is 16.6. The molecule has 2 heterocycles. The van der Waals surface area contributed by atoms with E-state index in [1.165, 1.54) is 0 Å². The van der Waals surface area contributed by atoms with Crippen LogP contribution in [0.1, 0.15) is 52.7 Å². The number of hydrogen-bond acceptors (Lipinski definition) is 4. The molecule has 0 saturated carbocycles. The molecule has 1 aromatic rings. The Morgan fingerprint density at radius 3 is 2.58 bits per heavy atom. The molecule has 5 nitrogen and oxygen atoms in total. The van der Waals surface area contributed by atoms with E-state index in [1.54, 1.807) is 6.20 Å². The van der Waals surface area contributed by atoms with E-state index in [2.05, 4.69) is 11.1 Å². The molecule has 26 heavy (non-hydrogen) atoms. The zero-order valence-electron chi connectivity index (χ0n) is 16.6. The molecule has 3 rings (SSSR count). The smallest absolute Gasteiger partial charge is 0.366 e. The molecule has 5 heteroatoms. The lowest BCUT2D eigenvalue weighted by Crippen LogP contribution is -2.57. The molecule has 2 atom stereocenters. The van der Waals surface area contributed by atoms with Crippen molar-refractivity contribution < 1.29 is 14.3 Å². The highest BCUT2D eigenvalue weighted by molar-refractivity contribution is 5.93. The number of nitrogens with zero attached hydrogens (tertiary/aromatic N) is 2. The van der Waals surface area contributed by atoms with Crippen molar-refractivity contribution in [2.75, 3.05) is 6.73 Å². The van der Waals surface area contributed by atoms with Gasteiger partial charge in [0.25, 0.3) is 0 Å². The SMILES string of the molecule is CC(C)(C)OC[N@@+]12C=CN=Cc3cccc(c31)CC2C(=O)OC(C)(C)C. The van der Waals surface area contributed by atoms with E-state index in [1.807, 2.05) is 66.1 Å². The fourth-order valence-corrected chi connectivity index (χ4v) is 3.51. The van der Waals surface area contributed by atoms with Crippen molar-refractivity contribution in [3.8, 4) is 0 Å². The molecule has 0 fully saturated rings. The quantitative estimate of drug-likeness (QED) is 0.608. The molecule has 0 amide bonds. The molecule has 2 aliphatic rings. The van der Waals surface area contributed by atoms with Crippen LogP contribution >= 0.6 is 0 Å². The number of carbonyl (C=O) groups is 1. The van der Waals surface area contributed by atoms with E-state index in [-0.39, 0.29) is 22.1 Å². The van der Waals surface area contributed by atoms with Crippen molar-refractivity contribution in [1.29, 1.82) is 0 Å². The third-order valence-electron chi connectivity index (χ3n) is 4.56. The number of carbonyl (C=O) groups excluding carboxylic acids is 1. The molecule has 0 bridgehead atoms. The minimum atomic E-state index is -0.532. The van der Waals surface area contributed by atoms with E-state index in [4.69, 9.17) is 9.47 Å². The Morgan fingerprint density at radius 2 is 1.92 bits per heavy atom. The maximum absolute atomic E-state index is 13.1. The van der Waals surface area contributed by atoms with Crippen LogP contribution in [0, 0.1) is 0 Å². The summed E-state index contributed by atoms with van der Waals surface area (Å²) in [7, 11) is 0. The van der Waals surface area contributed by atoms with Crippen molar-refractivity contribution in [2.45, 2.75) is 65.2 Å². The molecule has 0 saturated heterocycles. The summed E-state index contributed by atoms with van der Waals surface area (Å²) in [4.78, 5) is 17.5. The largest absolute Gasteiger partial charge is 0.456 e. The Balaban J connectivity index is 2.09. The van der Waals surface area contributed by atoms with Gasteiger partial charge in [-0.1, -0.05) is 12.1 Å². The number of benzene rings is 1. The highest BCUT2D eigenvalue weighted by Gasteiger charge is 2.53. The Morgan fingerprint density at radius 1 is 1.19 bits per heavy atom. The maximum atomic E-state index is 13.1. The maximum Gasteiger partial charge on any atom is 0.366 e. The van der Waals surface area contributed by atoms with Crippen LogP contribution in [0.2, 0.25) is 0 Å². The molecule has 0 spiro atoms. The van der Waals surface area contributed by atoms with Crippen molar-refractivity contribution in [3.63, 3.8) is 0 Å². The minimum absolute atomic E-state index is 0.205. The average molecular weight is 357 g/mol. The first-order chi connectivity index (χ1) is 12.0. The van der Waals surface area contributed by atoms with E-state index in [0.29, 0.717) is 13.2 Å². The minimum Gasteiger partial charge on any atom is -0.456 e. The Bertz CT molecular complexity index is 768. The number of quaternary nitrogens is 1. The van der Waals surface area contributed by atoms with E-state index in [0.717, 1.165) is 16.8 Å².